The van der Waals surface area contributed by atoms with Gasteiger partial charge in [0.2, 0.25) is 0 Å². The molecule has 0 spiro atoms. The van der Waals surface area contributed by atoms with Gasteiger partial charge in [0.25, 0.3) is 5.91 Å². The quantitative estimate of drug-likeness (QED) is 0.737. The fourth-order valence-corrected chi connectivity index (χ4v) is 1.42. The number of hydrogen-bond donors (Lipinski definition) is 2. The third kappa shape index (κ3) is 2.38. The Morgan fingerprint density at radius 3 is 2.75 bits per heavy atom. The molecule has 88 valence electrons. The highest BCUT2D eigenvalue weighted by Crippen LogP contribution is 2.10. The van der Waals surface area contributed by atoms with Crippen LogP contribution in [0.3, 0.4) is 0 Å². The molecule has 1 aliphatic rings. The Bertz CT molecular complexity index is 388. The minimum Gasteiger partial charge on any atom is -0.346 e. The lowest BCUT2D eigenvalue weighted by molar-refractivity contribution is 0.0914. The van der Waals surface area contributed by atoms with Gasteiger partial charge in [-0.15, -0.1) is 5.10 Å². The molecule has 0 bridgehead atoms. The van der Waals surface area contributed by atoms with E-state index in [0.717, 1.165) is 13.1 Å². The first kappa shape index (κ1) is 11.1. The molecule has 2 rings (SSSR count). The van der Waals surface area contributed by atoms with Crippen LogP contribution in [0.25, 0.3) is 0 Å². The molecule has 1 saturated heterocycles. The fraction of sp³-hybridized carbons (Fsp3) is 0.700. The van der Waals surface area contributed by atoms with E-state index in [4.69, 9.17) is 0 Å². The molecule has 1 aromatic heterocycles. The molecule has 0 aliphatic carbocycles. The summed E-state index contributed by atoms with van der Waals surface area (Å²) in [5.74, 6) is -0.175. The molecule has 1 fully saturated rings. The summed E-state index contributed by atoms with van der Waals surface area (Å²) in [6, 6.07) is 0.337. The van der Waals surface area contributed by atoms with Crippen LogP contribution in [0.2, 0.25) is 0 Å². The number of nitrogens with one attached hydrogen (secondary N) is 2. The summed E-state index contributed by atoms with van der Waals surface area (Å²) >= 11 is 0. The summed E-state index contributed by atoms with van der Waals surface area (Å²) in [6.45, 7) is 7.59. The number of carbonyl (C=O) groups excluding carboxylic acids is 1. The predicted molar refractivity (Wildman–Crippen MR) is 59.1 cm³/mol. The number of rotatable bonds is 2. The zero-order valence-electron chi connectivity index (χ0n) is 9.82. The highest BCUT2D eigenvalue weighted by atomic mass is 16.2. The largest absolute Gasteiger partial charge is 0.346 e. The van der Waals surface area contributed by atoms with Crippen LogP contribution < -0.4 is 10.6 Å². The third-order valence-electron chi connectivity index (χ3n) is 2.37. The van der Waals surface area contributed by atoms with E-state index >= 15 is 0 Å². The van der Waals surface area contributed by atoms with Crippen molar-refractivity contribution in [1.82, 2.24) is 25.6 Å². The van der Waals surface area contributed by atoms with Gasteiger partial charge in [0, 0.05) is 18.6 Å². The molecule has 2 N–H and O–H groups in total. The maximum Gasteiger partial charge on any atom is 0.273 e. The van der Waals surface area contributed by atoms with E-state index in [2.05, 4.69) is 20.9 Å². The van der Waals surface area contributed by atoms with Crippen LogP contribution >= 0.6 is 0 Å². The molecule has 6 nitrogen and oxygen atoms in total. The van der Waals surface area contributed by atoms with Gasteiger partial charge in [-0.05, 0) is 20.8 Å². The molecular formula is C10H17N5O. The van der Waals surface area contributed by atoms with Crippen molar-refractivity contribution in [3.05, 3.63) is 11.9 Å². The Morgan fingerprint density at radius 1 is 1.56 bits per heavy atom. The number of carbonyl (C=O) groups is 1. The van der Waals surface area contributed by atoms with Crippen LogP contribution in [-0.2, 0) is 0 Å². The van der Waals surface area contributed by atoms with Gasteiger partial charge in [0.05, 0.1) is 12.2 Å². The van der Waals surface area contributed by atoms with Crippen LogP contribution in [0.5, 0.6) is 0 Å². The predicted octanol–water partition coefficient (Wildman–Crippen LogP) is -0.0493. The van der Waals surface area contributed by atoms with Crippen molar-refractivity contribution in [3.63, 3.8) is 0 Å². The zero-order chi connectivity index (χ0) is 11.8. The van der Waals surface area contributed by atoms with Crippen LogP contribution in [0, 0.1) is 0 Å². The minimum absolute atomic E-state index is 0.175. The molecule has 0 unspecified atom stereocenters. The van der Waals surface area contributed by atoms with Gasteiger partial charge in [0.1, 0.15) is 0 Å². The van der Waals surface area contributed by atoms with E-state index in [-0.39, 0.29) is 11.4 Å². The second-order valence-corrected chi connectivity index (χ2v) is 5.10. The monoisotopic (exact) mass is 223 g/mol. The van der Waals surface area contributed by atoms with E-state index in [1.807, 2.05) is 20.8 Å². The molecule has 0 radical (unpaired) electrons. The van der Waals surface area contributed by atoms with Crippen LogP contribution in [0.4, 0.5) is 0 Å². The van der Waals surface area contributed by atoms with E-state index < -0.39 is 0 Å². The molecule has 6 heteroatoms. The summed E-state index contributed by atoms with van der Waals surface area (Å²) < 4.78 is 1.74. The zero-order valence-corrected chi connectivity index (χ0v) is 9.82. The molecule has 1 aliphatic heterocycles. The molecule has 16 heavy (non-hydrogen) atoms. The van der Waals surface area contributed by atoms with Gasteiger partial charge < -0.3 is 10.6 Å². The van der Waals surface area contributed by atoms with E-state index in [0.29, 0.717) is 11.7 Å². The van der Waals surface area contributed by atoms with Crippen molar-refractivity contribution in [1.29, 1.82) is 0 Å². The Hall–Kier alpha value is -1.43. The van der Waals surface area contributed by atoms with Gasteiger partial charge in [-0.3, -0.25) is 4.79 Å². The average Bonchev–Trinajstić information content (AvgIpc) is 2.46. The fourth-order valence-electron chi connectivity index (χ4n) is 1.42. The van der Waals surface area contributed by atoms with Crippen molar-refractivity contribution >= 4 is 5.91 Å². The second-order valence-electron chi connectivity index (χ2n) is 5.10. The smallest absolute Gasteiger partial charge is 0.273 e. The average molecular weight is 223 g/mol. The molecule has 1 aromatic rings. The maximum absolute atomic E-state index is 11.8. The van der Waals surface area contributed by atoms with Crippen LogP contribution in [0.15, 0.2) is 6.20 Å². The summed E-state index contributed by atoms with van der Waals surface area (Å²) in [5, 5.41) is 13.8. The first-order valence-electron chi connectivity index (χ1n) is 5.41. The highest BCUT2D eigenvalue weighted by molar-refractivity contribution is 5.92. The van der Waals surface area contributed by atoms with Crippen LogP contribution in [-0.4, -0.2) is 39.5 Å². The third-order valence-corrected chi connectivity index (χ3v) is 2.37. The molecule has 0 atom stereocenters. The van der Waals surface area contributed by atoms with Crippen molar-refractivity contribution in [2.45, 2.75) is 32.4 Å². The van der Waals surface area contributed by atoms with E-state index in [1.54, 1.807) is 10.9 Å². The summed E-state index contributed by atoms with van der Waals surface area (Å²) in [5.41, 5.74) is 0.126. The van der Waals surface area contributed by atoms with E-state index in [9.17, 15) is 4.79 Å². The summed E-state index contributed by atoms with van der Waals surface area (Å²) in [4.78, 5) is 11.8. The van der Waals surface area contributed by atoms with Gasteiger partial charge >= 0.3 is 0 Å². The van der Waals surface area contributed by atoms with Crippen LogP contribution in [0.1, 0.15) is 37.3 Å². The topological polar surface area (TPSA) is 71.8 Å². The SMILES string of the molecule is CC(C)(C)NC(=O)c1cn(C2CNC2)nn1. The Morgan fingerprint density at radius 2 is 2.25 bits per heavy atom. The van der Waals surface area contributed by atoms with Crippen molar-refractivity contribution < 1.29 is 4.79 Å². The molecular weight excluding hydrogens is 206 g/mol. The van der Waals surface area contributed by atoms with Gasteiger partial charge in [-0.2, -0.15) is 0 Å². The molecule has 2 heterocycles. The van der Waals surface area contributed by atoms with Crippen molar-refractivity contribution in [2.75, 3.05) is 13.1 Å². The lowest BCUT2D eigenvalue weighted by Crippen LogP contribution is -2.43. The van der Waals surface area contributed by atoms with Crippen molar-refractivity contribution in [3.8, 4) is 0 Å². The summed E-state index contributed by atoms with van der Waals surface area (Å²) in [7, 11) is 0. The standard InChI is InChI=1S/C10H17N5O/c1-10(2,3)12-9(16)8-6-15(14-13-8)7-4-11-5-7/h6-7,11H,4-5H2,1-3H3,(H,12,16). The maximum atomic E-state index is 11.8. The number of hydrogen-bond acceptors (Lipinski definition) is 4. The highest BCUT2D eigenvalue weighted by Gasteiger charge is 2.23. The van der Waals surface area contributed by atoms with Gasteiger partial charge in [0.15, 0.2) is 5.69 Å². The Kier molecular flexibility index (Phi) is 2.67. The minimum atomic E-state index is -0.251. The molecule has 0 aromatic carbocycles. The van der Waals surface area contributed by atoms with Gasteiger partial charge in [-0.1, -0.05) is 5.21 Å². The molecule has 0 saturated carbocycles. The lowest BCUT2D eigenvalue weighted by atomic mass is 10.1. The molecule has 1 amide bonds. The first-order chi connectivity index (χ1) is 7.46. The number of amides is 1. The Balaban J connectivity index is 2.03. The van der Waals surface area contributed by atoms with Crippen molar-refractivity contribution in [2.24, 2.45) is 0 Å². The Labute approximate surface area is 94.4 Å². The number of nitrogens with zero attached hydrogens (tertiary/aromatic N) is 3. The normalized spacial score (nSPS) is 16.9. The number of aromatic nitrogens is 3. The second kappa shape index (κ2) is 3.86. The first-order valence-corrected chi connectivity index (χ1v) is 5.41. The summed E-state index contributed by atoms with van der Waals surface area (Å²) in [6.07, 6.45) is 1.70. The van der Waals surface area contributed by atoms with E-state index in [1.165, 1.54) is 0 Å². The lowest BCUT2D eigenvalue weighted by Gasteiger charge is -2.26. The van der Waals surface area contributed by atoms with Gasteiger partial charge in [-0.25, -0.2) is 4.68 Å².